The molecule has 0 spiro atoms. The third-order valence-corrected chi connectivity index (χ3v) is 2.09. The summed E-state index contributed by atoms with van der Waals surface area (Å²) in [5, 5.41) is 15.1. The Morgan fingerprint density at radius 2 is 2.54 bits per heavy atom. The van der Waals surface area contributed by atoms with Gasteiger partial charge < -0.3 is 11.1 Å². The van der Waals surface area contributed by atoms with Gasteiger partial charge in [0, 0.05) is 32.7 Å². The van der Waals surface area contributed by atoms with E-state index in [0.29, 0.717) is 24.8 Å². The average molecular weight is 189 g/mol. The van der Waals surface area contributed by atoms with Gasteiger partial charge in [-0.3, -0.25) is 10.1 Å². The molecule has 7 heteroatoms. The van der Waals surface area contributed by atoms with Crippen LogP contribution in [0, 0.1) is 4.91 Å². The van der Waals surface area contributed by atoms with E-state index in [1.165, 1.54) is 0 Å². The fraction of sp³-hybridized carbons (Fsp3) is 1.00. The van der Waals surface area contributed by atoms with Gasteiger partial charge in [0.2, 0.25) is 0 Å². The highest BCUT2D eigenvalue weighted by Gasteiger charge is 2.26. The van der Waals surface area contributed by atoms with Gasteiger partial charge in [-0.1, -0.05) is 0 Å². The van der Waals surface area contributed by atoms with Crippen LogP contribution in [0.25, 0.3) is 0 Å². The van der Waals surface area contributed by atoms with Crippen LogP contribution in [0.5, 0.6) is 0 Å². The van der Waals surface area contributed by atoms with Crippen LogP contribution in [-0.2, 0) is 0 Å². The largest absolute Gasteiger partial charge is 0.329 e. The first-order valence-electron chi connectivity index (χ1n) is 4.26. The van der Waals surface area contributed by atoms with E-state index in [4.69, 9.17) is 10.9 Å². The number of hydroxylamine groups is 1. The van der Waals surface area contributed by atoms with E-state index in [1.54, 1.807) is 0 Å². The maximum Gasteiger partial charge on any atom is 0.144 e. The van der Waals surface area contributed by atoms with Crippen molar-refractivity contribution in [2.24, 2.45) is 11.0 Å². The fourth-order valence-electron chi connectivity index (χ4n) is 1.44. The van der Waals surface area contributed by atoms with Gasteiger partial charge in [0.25, 0.3) is 0 Å². The summed E-state index contributed by atoms with van der Waals surface area (Å²) in [5.74, 6) is 0. The quantitative estimate of drug-likeness (QED) is 0.370. The molecular weight excluding hydrogens is 174 g/mol. The molecule has 1 saturated heterocycles. The Morgan fingerprint density at radius 3 is 3.15 bits per heavy atom. The van der Waals surface area contributed by atoms with E-state index in [9.17, 15) is 4.91 Å². The highest BCUT2D eigenvalue weighted by Crippen LogP contribution is 2.05. The second-order valence-electron chi connectivity index (χ2n) is 2.91. The maximum absolute atomic E-state index is 10.1. The minimum absolute atomic E-state index is 0.394. The molecule has 0 aromatic rings. The third-order valence-electron chi connectivity index (χ3n) is 2.09. The van der Waals surface area contributed by atoms with Gasteiger partial charge in [-0.25, -0.2) is 0 Å². The molecule has 0 saturated carbocycles. The first-order chi connectivity index (χ1) is 6.29. The molecule has 76 valence electrons. The Bertz CT molecular complexity index is 165. The number of piperazine rings is 1. The lowest BCUT2D eigenvalue weighted by Gasteiger charge is -2.36. The van der Waals surface area contributed by atoms with Crippen molar-refractivity contribution in [3.63, 3.8) is 0 Å². The van der Waals surface area contributed by atoms with E-state index in [-0.39, 0.29) is 0 Å². The molecule has 13 heavy (non-hydrogen) atoms. The van der Waals surface area contributed by atoms with Gasteiger partial charge in [-0.2, -0.15) is 0 Å². The predicted octanol–water partition coefficient (Wildman–Crippen LogP) is -1.45. The molecule has 1 aliphatic heterocycles. The topological polar surface area (TPSA) is 94.2 Å². The Balaban J connectivity index is 2.50. The van der Waals surface area contributed by atoms with Crippen LogP contribution < -0.4 is 11.1 Å². The normalized spacial score (nSPS) is 24.3. The van der Waals surface area contributed by atoms with Gasteiger partial charge in [0.15, 0.2) is 0 Å². The molecule has 4 N–H and O–H groups in total. The molecule has 1 atom stereocenters. The second kappa shape index (κ2) is 5.07. The van der Waals surface area contributed by atoms with Crippen molar-refractivity contribution in [2.45, 2.75) is 6.17 Å². The zero-order valence-electron chi connectivity index (χ0n) is 7.39. The molecule has 1 fully saturated rings. The smallest absolute Gasteiger partial charge is 0.144 e. The molecule has 0 aromatic heterocycles. The highest BCUT2D eigenvalue weighted by molar-refractivity contribution is 4.76. The molecule has 0 radical (unpaired) electrons. The highest BCUT2D eigenvalue weighted by atomic mass is 16.6. The zero-order valence-corrected chi connectivity index (χ0v) is 7.39. The molecule has 1 heterocycles. The molecule has 7 nitrogen and oxygen atoms in total. The summed E-state index contributed by atoms with van der Waals surface area (Å²) in [6.45, 7) is 3.27. The number of rotatable bonds is 4. The number of nitroso groups, excluding NO2 is 1. The first kappa shape index (κ1) is 10.3. The Morgan fingerprint density at radius 1 is 1.77 bits per heavy atom. The molecule has 1 rings (SSSR count). The van der Waals surface area contributed by atoms with Gasteiger partial charge in [-0.15, -0.1) is 10.1 Å². The molecule has 1 aliphatic rings. The molecule has 0 amide bonds. The minimum atomic E-state index is -0.394. The predicted molar refractivity (Wildman–Crippen MR) is 46.7 cm³/mol. The van der Waals surface area contributed by atoms with E-state index in [2.05, 4.69) is 10.6 Å². The number of hydrogen-bond acceptors (Lipinski definition) is 6. The van der Waals surface area contributed by atoms with Gasteiger partial charge in [0.05, 0.1) is 5.29 Å². The Kier molecular flexibility index (Phi) is 4.03. The van der Waals surface area contributed by atoms with E-state index in [0.717, 1.165) is 13.1 Å². The van der Waals surface area contributed by atoms with Crippen LogP contribution in [0.4, 0.5) is 0 Å². The number of nitrogens with zero attached hydrogens (tertiary/aromatic N) is 3. The maximum atomic E-state index is 10.1. The van der Waals surface area contributed by atoms with Crippen LogP contribution in [0.3, 0.4) is 0 Å². The monoisotopic (exact) mass is 189 g/mol. The van der Waals surface area contributed by atoms with Crippen molar-refractivity contribution in [1.82, 2.24) is 15.4 Å². The summed E-state index contributed by atoms with van der Waals surface area (Å²) >= 11 is 0. The lowest BCUT2D eigenvalue weighted by atomic mass is 10.3. The molecule has 1 unspecified atom stereocenters. The van der Waals surface area contributed by atoms with Crippen molar-refractivity contribution in [3.05, 3.63) is 4.91 Å². The van der Waals surface area contributed by atoms with Crippen molar-refractivity contribution in [3.8, 4) is 0 Å². The summed E-state index contributed by atoms with van der Waals surface area (Å²) < 4.78 is 0. The lowest BCUT2D eigenvalue weighted by molar-refractivity contribution is -0.177. The first-order valence-corrected chi connectivity index (χ1v) is 4.26. The lowest BCUT2D eigenvalue weighted by Crippen LogP contribution is -2.57. The van der Waals surface area contributed by atoms with Gasteiger partial charge in [0.1, 0.15) is 6.17 Å². The standard InChI is InChI=1S/C6H15N5O2/c7-1-3-10-4-2-8-5-6(10)11(13)9-12/h6,8,13H,1-5,7H2. The second-order valence-corrected chi connectivity index (χ2v) is 2.91. The van der Waals surface area contributed by atoms with E-state index >= 15 is 0 Å². The SMILES string of the molecule is NCCN1CCNCC1N(O)N=O. The number of nitrogens with one attached hydrogen (secondary N) is 1. The van der Waals surface area contributed by atoms with Crippen LogP contribution in [0.2, 0.25) is 0 Å². The van der Waals surface area contributed by atoms with E-state index < -0.39 is 6.17 Å². The van der Waals surface area contributed by atoms with E-state index in [1.807, 2.05) is 4.90 Å². The van der Waals surface area contributed by atoms with Gasteiger partial charge >= 0.3 is 0 Å². The summed E-state index contributed by atoms with van der Waals surface area (Å²) in [7, 11) is 0. The average Bonchev–Trinajstić information content (AvgIpc) is 2.18. The zero-order chi connectivity index (χ0) is 9.68. The van der Waals surface area contributed by atoms with Gasteiger partial charge in [-0.05, 0) is 0 Å². The van der Waals surface area contributed by atoms with Crippen LogP contribution in [0.15, 0.2) is 5.29 Å². The third kappa shape index (κ3) is 2.59. The summed E-state index contributed by atoms with van der Waals surface area (Å²) in [4.78, 5) is 12.0. The van der Waals surface area contributed by atoms with Crippen molar-refractivity contribution in [2.75, 3.05) is 32.7 Å². The van der Waals surface area contributed by atoms with Crippen molar-refractivity contribution < 1.29 is 5.21 Å². The molecule has 0 aliphatic carbocycles. The van der Waals surface area contributed by atoms with Crippen LogP contribution >= 0.6 is 0 Å². The van der Waals surface area contributed by atoms with Crippen molar-refractivity contribution >= 4 is 0 Å². The summed E-state index contributed by atoms with van der Waals surface area (Å²) in [6, 6.07) is 0. The summed E-state index contributed by atoms with van der Waals surface area (Å²) in [6.07, 6.45) is -0.394. The fourth-order valence-corrected chi connectivity index (χ4v) is 1.44. The Labute approximate surface area is 76.4 Å². The number of hydrogen-bond donors (Lipinski definition) is 3. The minimum Gasteiger partial charge on any atom is -0.329 e. The molecule has 0 bridgehead atoms. The van der Waals surface area contributed by atoms with Crippen molar-refractivity contribution in [1.29, 1.82) is 0 Å². The van der Waals surface area contributed by atoms with Crippen LogP contribution in [0.1, 0.15) is 0 Å². The molecule has 0 aromatic carbocycles. The Hall–Kier alpha value is -0.760. The number of nitrogens with two attached hydrogens (primary N) is 1. The van der Waals surface area contributed by atoms with Crippen LogP contribution in [-0.4, -0.2) is 54.2 Å². The molecular formula is C6H15N5O2. The summed E-state index contributed by atoms with van der Waals surface area (Å²) in [5.41, 5.74) is 5.39.